The number of nitrogens with one attached hydrogen (secondary N) is 1. The molecule has 0 aliphatic rings. The zero-order valence-electron chi connectivity index (χ0n) is 15.3. The SMILES string of the molecule is Cc1nc2c(cc(OCC(=O)Nc3cccc(-c4cnco4)c3)c3ccsc32)s1. The molecule has 0 atom stereocenters. The van der Waals surface area contributed by atoms with Gasteiger partial charge in [0, 0.05) is 22.7 Å². The van der Waals surface area contributed by atoms with Crippen LogP contribution in [0, 0.1) is 6.92 Å². The zero-order chi connectivity index (χ0) is 19.8. The number of carbonyl (C=O) groups is 1. The number of amides is 1. The summed E-state index contributed by atoms with van der Waals surface area (Å²) >= 11 is 3.25. The molecule has 0 spiro atoms. The number of hydrogen-bond donors (Lipinski definition) is 1. The van der Waals surface area contributed by atoms with Crippen molar-refractivity contribution in [3.63, 3.8) is 0 Å². The number of hydrogen-bond acceptors (Lipinski definition) is 7. The summed E-state index contributed by atoms with van der Waals surface area (Å²) in [6, 6.07) is 11.4. The largest absolute Gasteiger partial charge is 0.483 e. The Balaban J connectivity index is 1.33. The minimum Gasteiger partial charge on any atom is -0.483 e. The number of aromatic nitrogens is 2. The van der Waals surface area contributed by atoms with Crippen LogP contribution in [0.5, 0.6) is 5.75 Å². The molecule has 5 aromatic rings. The lowest BCUT2D eigenvalue weighted by molar-refractivity contribution is -0.118. The predicted octanol–water partition coefficient (Wildman–Crippen LogP) is 5.49. The van der Waals surface area contributed by atoms with Gasteiger partial charge < -0.3 is 14.5 Å². The fraction of sp³-hybridized carbons (Fsp3) is 0.0952. The van der Waals surface area contributed by atoms with Gasteiger partial charge in [0.15, 0.2) is 18.8 Å². The topological polar surface area (TPSA) is 77.2 Å². The highest BCUT2D eigenvalue weighted by atomic mass is 32.1. The molecule has 2 aromatic carbocycles. The molecule has 0 radical (unpaired) electrons. The van der Waals surface area contributed by atoms with Gasteiger partial charge in [0.1, 0.15) is 5.75 Å². The van der Waals surface area contributed by atoms with E-state index in [1.165, 1.54) is 6.39 Å². The van der Waals surface area contributed by atoms with Crippen molar-refractivity contribution >= 4 is 54.6 Å². The molecular weight excluding hydrogens is 406 g/mol. The number of carbonyl (C=O) groups excluding carboxylic acids is 1. The fourth-order valence-electron chi connectivity index (χ4n) is 3.16. The van der Waals surface area contributed by atoms with E-state index in [1.807, 2.05) is 48.7 Å². The first-order valence-corrected chi connectivity index (χ1v) is 10.6. The number of benzene rings is 2. The van der Waals surface area contributed by atoms with Gasteiger partial charge in [0.25, 0.3) is 5.91 Å². The van der Waals surface area contributed by atoms with Crippen LogP contribution < -0.4 is 10.1 Å². The van der Waals surface area contributed by atoms with E-state index < -0.39 is 0 Å². The number of oxazole rings is 1. The van der Waals surface area contributed by atoms with Crippen molar-refractivity contribution in [3.8, 4) is 17.1 Å². The molecule has 0 aliphatic heterocycles. The van der Waals surface area contributed by atoms with E-state index in [-0.39, 0.29) is 12.5 Å². The molecule has 1 N–H and O–H groups in total. The maximum Gasteiger partial charge on any atom is 0.262 e. The van der Waals surface area contributed by atoms with Crippen LogP contribution in [0.4, 0.5) is 5.69 Å². The smallest absolute Gasteiger partial charge is 0.262 e. The van der Waals surface area contributed by atoms with Gasteiger partial charge in [-0.2, -0.15) is 0 Å². The molecule has 29 heavy (non-hydrogen) atoms. The van der Waals surface area contributed by atoms with Crippen molar-refractivity contribution in [1.29, 1.82) is 0 Å². The van der Waals surface area contributed by atoms with Crippen molar-refractivity contribution in [2.75, 3.05) is 11.9 Å². The molecular formula is C21H15N3O3S2. The van der Waals surface area contributed by atoms with Gasteiger partial charge in [-0.15, -0.1) is 22.7 Å². The average molecular weight is 422 g/mol. The third kappa shape index (κ3) is 3.48. The Morgan fingerprint density at radius 1 is 1.28 bits per heavy atom. The molecule has 0 saturated heterocycles. The first-order chi connectivity index (χ1) is 14.2. The van der Waals surface area contributed by atoms with Gasteiger partial charge in [-0.05, 0) is 30.5 Å². The Bertz CT molecular complexity index is 1320. The van der Waals surface area contributed by atoms with E-state index >= 15 is 0 Å². The molecule has 0 fully saturated rings. The standard InChI is InChI=1S/C21H15N3O3S2/c1-12-23-20-18(29-12)8-16(15-5-6-28-21(15)20)26-10-19(25)24-14-4-2-3-13(7-14)17-9-22-11-27-17/h2-9,11H,10H2,1H3,(H,24,25). The van der Waals surface area contributed by atoms with Gasteiger partial charge in [-0.3, -0.25) is 4.79 Å². The highest BCUT2D eigenvalue weighted by molar-refractivity contribution is 7.21. The third-order valence-electron chi connectivity index (χ3n) is 4.39. The van der Waals surface area contributed by atoms with Crippen LogP contribution in [-0.4, -0.2) is 22.5 Å². The highest BCUT2D eigenvalue weighted by Crippen LogP contribution is 2.38. The Kier molecular flexibility index (Phi) is 4.49. The lowest BCUT2D eigenvalue weighted by Crippen LogP contribution is -2.20. The summed E-state index contributed by atoms with van der Waals surface area (Å²) in [4.78, 5) is 21.0. The molecule has 0 unspecified atom stereocenters. The number of ether oxygens (including phenoxy) is 1. The van der Waals surface area contributed by atoms with E-state index in [0.717, 1.165) is 30.9 Å². The van der Waals surface area contributed by atoms with Crippen LogP contribution in [-0.2, 0) is 4.79 Å². The zero-order valence-corrected chi connectivity index (χ0v) is 17.0. The van der Waals surface area contributed by atoms with Crippen molar-refractivity contribution < 1.29 is 13.9 Å². The Hall–Kier alpha value is -3.23. The molecule has 0 bridgehead atoms. The Morgan fingerprint density at radius 2 is 2.21 bits per heavy atom. The molecule has 3 aromatic heterocycles. The summed E-state index contributed by atoms with van der Waals surface area (Å²) in [7, 11) is 0. The number of thiophene rings is 1. The third-order valence-corrected chi connectivity index (χ3v) is 6.23. The molecule has 144 valence electrons. The summed E-state index contributed by atoms with van der Waals surface area (Å²) in [6.07, 6.45) is 3.01. The number of rotatable bonds is 5. The molecule has 1 amide bonds. The quantitative estimate of drug-likeness (QED) is 0.406. The second kappa shape index (κ2) is 7.31. The lowest BCUT2D eigenvalue weighted by atomic mass is 10.1. The number of aryl methyl sites for hydroxylation is 1. The van der Waals surface area contributed by atoms with Crippen molar-refractivity contribution in [3.05, 3.63) is 59.4 Å². The van der Waals surface area contributed by atoms with Crippen LogP contribution >= 0.6 is 22.7 Å². The molecule has 6 nitrogen and oxygen atoms in total. The Labute approximate surface area is 173 Å². The summed E-state index contributed by atoms with van der Waals surface area (Å²) in [5.41, 5.74) is 2.51. The first kappa shape index (κ1) is 17.8. The molecule has 0 aliphatic carbocycles. The molecule has 8 heteroatoms. The molecule has 5 rings (SSSR count). The Morgan fingerprint density at radius 3 is 3.07 bits per heavy atom. The van der Waals surface area contributed by atoms with Crippen LogP contribution in [0.25, 0.3) is 31.6 Å². The van der Waals surface area contributed by atoms with Gasteiger partial charge in [-0.25, -0.2) is 9.97 Å². The fourth-order valence-corrected chi connectivity index (χ4v) is 4.99. The normalized spacial score (nSPS) is 11.2. The maximum absolute atomic E-state index is 12.4. The van der Waals surface area contributed by atoms with Gasteiger partial charge in [-0.1, -0.05) is 12.1 Å². The van der Waals surface area contributed by atoms with Crippen molar-refractivity contribution in [2.24, 2.45) is 0 Å². The van der Waals surface area contributed by atoms with Gasteiger partial charge >= 0.3 is 0 Å². The van der Waals surface area contributed by atoms with Crippen LogP contribution in [0.1, 0.15) is 5.01 Å². The van der Waals surface area contributed by atoms with Gasteiger partial charge in [0.05, 0.1) is 26.1 Å². The van der Waals surface area contributed by atoms with E-state index in [0.29, 0.717) is 17.2 Å². The van der Waals surface area contributed by atoms with E-state index in [4.69, 9.17) is 9.15 Å². The number of anilines is 1. The monoisotopic (exact) mass is 421 g/mol. The van der Waals surface area contributed by atoms with Crippen LogP contribution in [0.15, 0.2) is 58.8 Å². The van der Waals surface area contributed by atoms with Crippen molar-refractivity contribution in [2.45, 2.75) is 6.92 Å². The minimum absolute atomic E-state index is 0.0826. The summed E-state index contributed by atoms with van der Waals surface area (Å²) in [6.45, 7) is 1.91. The van der Waals surface area contributed by atoms with E-state index in [9.17, 15) is 4.79 Å². The van der Waals surface area contributed by atoms with Crippen LogP contribution in [0.3, 0.4) is 0 Å². The predicted molar refractivity (Wildman–Crippen MR) is 116 cm³/mol. The average Bonchev–Trinajstić information content (AvgIpc) is 3.45. The lowest BCUT2D eigenvalue weighted by Gasteiger charge is -2.09. The minimum atomic E-state index is -0.233. The summed E-state index contributed by atoms with van der Waals surface area (Å²) < 4.78 is 13.3. The molecule has 3 heterocycles. The summed E-state index contributed by atoms with van der Waals surface area (Å²) in [5.74, 6) is 1.11. The second-order valence-electron chi connectivity index (χ2n) is 6.40. The number of nitrogens with zero attached hydrogens (tertiary/aromatic N) is 2. The van der Waals surface area contributed by atoms with E-state index in [2.05, 4.69) is 15.3 Å². The van der Waals surface area contributed by atoms with E-state index in [1.54, 1.807) is 28.9 Å². The summed E-state index contributed by atoms with van der Waals surface area (Å²) in [5, 5.41) is 6.87. The van der Waals surface area contributed by atoms with Crippen molar-refractivity contribution in [1.82, 2.24) is 9.97 Å². The second-order valence-corrected chi connectivity index (χ2v) is 8.55. The highest BCUT2D eigenvalue weighted by Gasteiger charge is 2.14. The molecule has 0 saturated carbocycles. The maximum atomic E-state index is 12.4. The number of thiazole rings is 1. The first-order valence-electron chi connectivity index (χ1n) is 8.86. The van der Waals surface area contributed by atoms with Gasteiger partial charge in [0.2, 0.25) is 0 Å². The number of fused-ring (bicyclic) bond motifs is 3. The van der Waals surface area contributed by atoms with Crippen LogP contribution in [0.2, 0.25) is 0 Å².